The van der Waals surface area contributed by atoms with Crippen LogP contribution in [0, 0.1) is 0 Å². The second-order valence-corrected chi connectivity index (χ2v) is 4.01. The molecule has 1 aromatic carbocycles. The summed E-state index contributed by atoms with van der Waals surface area (Å²) in [4.78, 5) is 11.1. The van der Waals surface area contributed by atoms with E-state index in [1.54, 1.807) is 0 Å². The van der Waals surface area contributed by atoms with Crippen LogP contribution in [0.15, 0.2) is 18.2 Å². The molecule has 0 unspecified atom stereocenters. The maximum atomic E-state index is 12.7. The minimum Gasteiger partial charge on any atom is -0.298 e. The van der Waals surface area contributed by atoms with E-state index < -0.39 is 17.5 Å². The lowest BCUT2D eigenvalue weighted by Gasteiger charge is -2.13. The fraction of sp³-hybridized carbons (Fsp3) is 0.364. The monoisotopic (exact) mass is 284 g/mol. The summed E-state index contributed by atoms with van der Waals surface area (Å²) in [7, 11) is 0. The summed E-state index contributed by atoms with van der Waals surface area (Å²) in [6.07, 6.45) is -4.81. The van der Waals surface area contributed by atoms with Crippen molar-refractivity contribution >= 4 is 29.0 Å². The Hall–Kier alpha value is -0.740. The molecule has 0 radical (unpaired) electrons. The Kier molecular flexibility index (Phi) is 4.83. The van der Waals surface area contributed by atoms with Crippen molar-refractivity contribution in [3.8, 4) is 0 Å². The van der Waals surface area contributed by atoms with Crippen LogP contribution >= 0.6 is 23.2 Å². The number of alkyl halides is 5. The van der Waals surface area contributed by atoms with Crippen LogP contribution in [0.4, 0.5) is 13.2 Å². The molecule has 0 saturated heterocycles. The number of halogens is 5. The highest BCUT2D eigenvalue weighted by atomic mass is 35.5. The Balaban J connectivity index is 3.16. The van der Waals surface area contributed by atoms with Crippen molar-refractivity contribution in [3.63, 3.8) is 0 Å². The molecule has 0 aliphatic carbocycles. The molecule has 0 aromatic heterocycles. The Labute approximate surface area is 107 Å². The normalized spacial score (nSPS) is 11.6. The van der Waals surface area contributed by atoms with Gasteiger partial charge in [0.05, 0.1) is 11.4 Å². The Morgan fingerprint density at radius 2 is 1.88 bits per heavy atom. The molecule has 0 aliphatic heterocycles. The van der Waals surface area contributed by atoms with Crippen LogP contribution in [0.2, 0.25) is 0 Å². The van der Waals surface area contributed by atoms with Crippen LogP contribution in [-0.4, -0.2) is 11.7 Å². The lowest BCUT2D eigenvalue weighted by Crippen LogP contribution is -2.13. The molecule has 1 aromatic rings. The number of Topliss-reactive ketones (excluding diaryl/α,β-unsaturated/α-hetero) is 1. The number of hydrogen-bond donors (Lipinski definition) is 0. The SMILES string of the molecule is O=C(CCl)Cc1ccc(CCl)cc1C(F)(F)F. The molecule has 0 heterocycles. The minimum atomic E-state index is -4.50. The Morgan fingerprint density at radius 3 is 2.35 bits per heavy atom. The van der Waals surface area contributed by atoms with Crippen molar-refractivity contribution in [1.82, 2.24) is 0 Å². The number of carbonyl (C=O) groups is 1. The average Bonchev–Trinajstić information content (AvgIpc) is 2.28. The van der Waals surface area contributed by atoms with Gasteiger partial charge >= 0.3 is 6.18 Å². The molecule has 0 atom stereocenters. The van der Waals surface area contributed by atoms with Gasteiger partial charge in [-0.05, 0) is 17.2 Å². The van der Waals surface area contributed by atoms with Gasteiger partial charge < -0.3 is 0 Å². The van der Waals surface area contributed by atoms with Crippen molar-refractivity contribution in [2.75, 3.05) is 5.88 Å². The first-order valence-corrected chi connectivity index (χ1v) is 5.78. The van der Waals surface area contributed by atoms with Gasteiger partial charge in [-0.2, -0.15) is 13.2 Å². The van der Waals surface area contributed by atoms with Crippen LogP contribution in [-0.2, 0) is 23.3 Å². The van der Waals surface area contributed by atoms with Gasteiger partial charge in [0.2, 0.25) is 0 Å². The molecule has 0 amide bonds. The molecular formula is C11H9Cl2F3O. The molecular weight excluding hydrogens is 276 g/mol. The highest BCUT2D eigenvalue weighted by Gasteiger charge is 2.33. The van der Waals surface area contributed by atoms with Crippen molar-refractivity contribution in [2.45, 2.75) is 18.5 Å². The third-order valence-corrected chi connectivity index (χ3v) is 2.78. The van der Waals surface area contributed by atoms with E-state index in [0.717, 1.165) is 6.07 Å². The number of hydrogen-bond acceptors (Lipinski definition) is 1. The van der Waals surface area contributed by atoms with E-state index in [1.807, 2.05) is 0 Å². The average molecular weight is 285 g/mol. The van der Waals surface area contributed by atoms with Gasteiger partial charge in [-0.1, -0.05) is 12.1 Å². The lowest BCUT2D eigenvalue weighted by molar-refractivity contribution is -0.138. The topological polar surface area (TPSA) is 17.1 Å². The Morgan fingerprint density at radius 1 is 1.24 bits per heavy atom. The van der Waals surface area contributed by atoms with Crippen molar-refractivity contribution < 1.29 is 18.0 Å². The number of ketones is 1. The van der Waals surface area contributed by atoms with E-state index in [2.05, 4.69) is 0 Å². The molecule has 17 heavy (non-hydrogen) atoms. The van der Waals surface area contributed by atoms with E-state index in [4.69, 9.17) is 23.2 Å². The van der Waals surface area contributed by atoms with Gasteiger partial charge in [0.25, 0.3) is 0 Å². The minimum absolute atomic E-state index is 0.00713. The zero-order valence-electron chi connectivity index (χ0n) is 8.65. The fourth-order valence-corrected chi connectivity index (χ4v) is 1.65. The Bertz CT molecular complexity index is 416. The zero-order chi connectivity index (χ0) is 13.1. The molecule has 94 valence electrons. The first kappa shape index (κ1) is 14.3. The zero-order valence-corrected chi connectivity index (χ0v) is 10.2. The molecule has 6 heteroatoms. The number of rotatable bonds is 4. The largest absolute Gasteiger partial charge is 0.416 e. The standard InChI is InChI=1S/C11H9Cl2F3O/c12-5-7-1-2-8(4-9(17)6-13)10(3-7)11(14,15)16/h1-3H,4-6H2. The van der Waals surface area contributed by atoms with Crippen LogP contribution in [0.1, 0.15) is 16.7 Å². The van der Waals surface area contributed by atoms with Gasteiger partial charge in [-0.25, -0.2) is 0 Å². The van der Waals surface area contributed by atoms with Gasteiger partial charge in [0.1, 0.15) is 0 Å². The summed E-state index contributed by atoms with van der Waals surface area (Å²) in [6, 6.07) is 3.70. The first-order chi connectivity index (χ1) is 7.88. The summed E-state index contributed by atoms with van der Waals surface area (Å²) >= 11 is 10.8. The first-order valence-electron chi connectivity index (χ1n) is 4.71. The molecule has 0 saturated carbocycles. The maximum Gasteiger partial charge on any atom is 0.416 e. The summed E-state index contributed by atoms with van der Waals surface area (Å²) < 4.78 is 38.2. The molecule has 0 fully saturated rings. The van der Waals surface area contributed by atoms with Crippen LogP contribution in [0.5, 0.6) is 0 Å². The lowest BCUT2D eigenvalue weighted by atomic mass is 10.00. The van der Waals surface area contributed by atoms with E-state index >= 15 is 0 Å². The van der Waals surface area contributed by atoms with E-state index in [9.17, 15) is 18.0 Å². The third kappa shape index (κ3) is 3.89. The number of benzene rings is 1. The van der Waals surface area contributed by atoms with E-state index in [-0.39, 0.29) is 23.7 Å². The van der Waals surface area contributed by atoms with Gasteiger partial charge in [0, 0.05) is 12.3 Å². The summed E-state index contributed by atoms with van der Waals surface area (Å²) in [5.41, 5.74) is -0.535. The maximum absolute atomic E-state index is 12.7. The second-order valence-electron chi connectivity index (χ2n) is 3.47. The van der Waals surface area contributed by atoms with Crippen molar-refractivity contribution in [2.24, 2.45) is 0 Å². The summed E-state index contributed by atoms with van der Waals surface area (Å²) in [6.45, 7) is 0. The quantitative estimate of drug-likeness (QED) is 0.769. The predicted octanol–water partition coefficient (Wildman–Crippen LogP) is 3.79. The highest BCUT2D eigenvalue weighted by molar-refractivity contribution is 6.27. The van der Waals surface area contributed by atoms with Crippen LogP contribution in [0.25, 0.3) is 0 Å². The van der Waals surface area contributed by atoms with Gasteiger partial charge in [0.15, 0.2) is 5.78 Å². The highest BCUT2D eigenvalue weighted by Crippen LogP contribution is 2.33. The molecule has 0 spiro atoms. The smallest absolute Gasteiger partial charge is 0.298 e. The third-order valence-electron chi connectivity index (χ3n) is 2.17. The van der Waals surface area contributed by atoms with Crippen molar-refractivity contribution in [3.05, 3.63) is 34.9 Å². The van der Waals surface area contributed by atoms with Crippen molar-refractivity contribution in [1.29, 1.82) is 0 Å². The predicted molar refractivity (Wildman–Crippen MR) is 60.4 cm³/mol. The second kappa shape index (κ2) is 5.74. The molecule has 0 bridgehead atoms. The van der Waals surface area contributed by atoms with Crippen LogP contribution < -0.4 is 0 Å². The fourth-order valence-electron chi connectivity index (χ4n) is 1.38. The number of carbonyl (C=O) groups excluding carboxylic acids is 1. The summed E-state index contributed by atoms with van der Waals surface area (Å²) in [5, 5.41) is 0. The van der Waals surface area contributed by atoms with E-state index in [1.165, 1.54) is 12.1 Å². The molecule has 0 aliphatic rings. The van der Waals surface area contributed by atoms with Gasteiger partial charge in [-0.15, -0.1) is 23.2 Å². The molecule has 1 nitrogen and oxygen atoms in total. The molecule has 0 N–H and O–H groups in total. The van der Waals surface area contributed by atoms with Crippen LogP contribution in [0.3, 0.4) is 0 Å². The molecule has 1 rings (SSSR count). The van der Waals surface area contributed by atoms with E-state index in [0.29, 0.717) is 5.56 Å². The summed E-state index contributed by atoms with van der Waals surface area (Å²) in [5.74, 6) is -0.753. The van der Waals surface area contributed by atoms with Gasteiger partial charge in [-0.3, -0.25) is 4.79 Å².